The number of hydrogen-bond donors (Lipinski definition) is 0. The second-order valence-electron chi connectivity index (χ2n) is 7.11. The molecule has 0 bridgehead atoms. The van der Waals surface area contributed by atoms with Crippen LogP contribution in [0.5, 0.6) is 5.75 Å². The van der Waals surface area contributed by atoms with Crippen molar-refractivity contribution in [2.45, 2.75) is 27.1 Å². The summed E-state index contributed by atoms with van der Waals surface area (Å²) in [6, 6.07) is 6.36. The highest BCUT2D eigenvalue weighted by Gasteiger charge is 2.32. The monoisotopic (exact) mass is 461 g/mol. The maximum atomic E-state index is 12.5. The highest BCUT2D eigenvalue weighted by atomic mass is 35.5. The Balaban J connectivity index is 2.66. The van der Waals surface area contributed by atoms with Crippen molar-refractivity contribution in [3.05, 3.63) is 45.7 Å². The van der Waals surface area contributed by atoms with Gasteiger partial charge in [0.15, 0.2) is 10.9 Å². The van der Waals surface area contributed by atoms with Gasteiger partial charge in [0.2, 0.25) is 0 Å². The number of halogens is 5. The molecule has 1 heterocycles. The molecule has 0 atom stereocenters. The maximum absolute atomic E-state index is 12.5. The van der Waals surface area contributed by atoms with Gasteiger partial charge < -0.3 is 9.47 Å². The molecule has 1 aromatic carbocycles. The van der Waals surface area contributed by atoms with Crippen LogP contribution in [0.3, 0.4) is 0 Å². The smallest absolute Gasteiger partial charge is 0.424 e. The molecule has 6 nitrogen and oxygen atoms in total. The van der Waals surface area contributed by atoms with E-state index >= 15 is 0 Å². The number of nitrogens with zero attached hydrogens (tertiary/aromatic N) is 3. The fraction of sp³-hybridized carbons (Fsp3) is 0.316. The van der Waals surface area contributed by atoms with Crippen LogP contribution >= 0.6 is 23.2 Å². The van der Waals surface area contributed by atoms with Crippen molar-refractivity contribution in [3.8, 4) is 11.8 Å². The van der Waals surface area contributed by atoms with Crippen LogP contribution in [0.4, 0.5) is 13.2 Å². The molecule has 0 amide bonds. The Hall–Kier alpha value is -2.70. The number of benzene rings is 1. The normalized spacial score (nSPS) is 12.8. The van der Waals surface area contributed by atoms with E-state index in [1.54, 1.807) is 20.8 Å². The first-order valence-corrected chi connectivity index (χ1v) is 9.11. The zero-order valence-electron chi connectivity index (χ0n) is 16.3. The molecule has 0 aliphatic rings. The first-order chi connectivity index (χ1) is 13.7. The molecule has 0 fully saturated rings. The average molecular weight is 462 g/mol. The van der Waals surface area contributed by atoms with E-state index in [4.69, 9.17) is 27.9 Å². The third kappa shape index (κ3) is 5.46. The van der Waals surface area contributed by atoms with Crippen molar-refractivity contribution in [2.24, 2.45) is 12.5 Å². The molecule has 11 heteroatoms. The Morgan fingerprint density at radius 1 is 1.17 bits per heavy atom. The number of carbonyl (C=O) groups excluding carboxylic acids is 1. The van der Waals surface area contributed by atoms with Crippen molar-refractivity contribution in [1.82, 2.24) is 9.78 Å². The van der Waals surface area contributed by atoms with Gasteiger partial charge in [-0.3, -0.25) is 9.48 Å². The largest absolute Gasteiger partial charge is 0.573 e. The Labute approximate surface area is 180 Å². The maximum Gasteiger partial charge on any atom is 0.573 e. The van der Waals surface area contributed by atoms with Crippen molar-refractivity contribution in [1.29, 1.82) is 5.26 Å². The standard InChI is InChI=1S/C19H16Cl2F3N3O3/c1-18(2,3)17(28)29-14(13-15(20)26-27(4)16(13)21)12(9-25)10-5-7-11(8-6-10)30-19(22,23)24/h5-8H,1-4H3. The number of rotatable bonds is 4. The minimum atomic E-state index is -4.86. The van der Waals surface area contributed by atoms with Gasteiger partial charge in [0.25, 0.3) is 0 Å². The first-order valence-electron chi connectivity index (χ1n) is 8.35. The van der Waals surface area contributed by atoms with E-state index in [9.17, 15) is 23.2 Å². The van der Waals surface area contributed by atoms with Crippen LogP contribution in [0.25, 0.3) is 11.3 Å². The summed E-state index contributed by atoms with van der Waals surface area (Å²) in [6.45, 7) is 4.82. The molecule has 160 valence electrons. The van der Waals surface area contributed by atoms with E-state index in [1.807, 2.05) is 6.07 Å². The van der Waals surface area contributed by atoms with E-state index < -0.39 is 23.5 Å². The quantitative estimate of drug-likeness (QED) is 0.336. The topological polar surface area (TPSA) is 77.1 Å². The third-order valence-electron chi connectivity index (χ3n) is 3.68. The molecule has 2 rings (SSSR count). The fourth-order valence-corrected chi connectivity index (χ4v) is 2.75. The molecule has 0 unspecified atom stereocenters. The number of ether oxygens (including phenoxy) is 2. The minimum absolute atomic E-state index is 0.00137. The minimum Gasteiger partial charge on any atom is -0.424 e. The molecule has 0 saturated heterocycles. The zero-order chi connectivity index (χ0) is 22.9. The van der Waals surface area contributed by atoms with E-state index in [1.165, 1.54) is 23.9 Å². The van der Waals surface area contributed by atoms with Crippen LogP contribution in [0.1, 0.15) is 31.9 Å². The summed E-state index contributed by atoms with van der Waals surface area (Å²) < 4.78 is 47.7. The van der Waals surface area contributed by atoms with Gasteiger partial charge in [0, 0.05) is 7.05 Å². The Morgan fingerprint density at radius 2 is 1.73 bits per heavy atom. The molecule has 30 heavy (non-hydrogen) atoms. The summed E-state index contributed by atoms with van der Waals surface area (Å²) in [5.41, 5.74) is -0.953. The van der Waals surface area contributed by atoms with Crippen LogP contribution in [0.2, 0.25) is 10.3 Å². The summed E-state index contributed by atoms with van der Waals surface area (Å²) in [5.74, 6) is -1.42. The number of aromatic nitrogens is 2. The van der Waals surface area contributed by atoms with Gasteiger partial charge in [-0.2, -0.15) is 10.4 Å². The van der Waals surface area contributed by atoms with Crippen molar-refractivity contribution >= 4 is 40.5 Å². The lowest BCUT2D eigenvalue weighted by atomic mass is 9.97. The lowest BCUT2D eigenvalue weighted by molar-refractivity contribution is -0.274. The fourth-order valence-electron chi connectivity index (χ4n) is 2.20. The number of alkyl halides is 3. The Kier molecular flexibility index (Phi) is 6.74. The van der Waals surface area contributed by atoms with E-state index in [2.05, 4.69) is 9.84 Å². The number of esters is 1. The van der Waals surface area contributed by atoms with Crippen molar-refractivity contribution in [3.63, 3.8) is 0 Å². The molecular formula is C19H16Cl2F3N3O3. The number of carbonyl (C=O) groups is 1. The van der Waals surface area contributed by atoms with E-state index in [0.29, 0.717) is 0 Å². The lowest BCUT2D eigenvalue weighted by Crippen LogP contribution is -2.22. The Bertz CT molecular complexity index is 1030. The predicted octanol–water partition coefficient (Wildman–Crippen LogP) is 5.61. The Morgan fingerprint density at radius 3 is 2.13 bits per heavy atom. The SMILES string of the molecule is Cn1nc(Cl)c(C(OC(=O)C(C)(C)C)=C(C#N)c2ccc(OC(F)(F)F)cc2)c1Cl. The van der Waals surface area contributed by atoms with Gasteiger partial charge in [0.05, 0.1) is 11.0 Å². The number of aryl methyl sites for hydroxylation is 1. The summed E-state index contributed by atoms with van der Waals surface area (Å²) in [6.07, 6.45) is -4.86. The molecule has 0 aliphatic carbocycles. The molecular weight excluding hydrogens is 446 g/mol. The molecule has 0 saturated carbocycles. The third-order valence-corrected chi connectivity index (χ3v) is 4.38. The van der Waals surface area contributed by atoms with Crippen LogP contribution in [0.15, 0.2) is 24.3 Å². The second kappa shape index (κ2) is 8.58. The summed E-state index contributed by atoms with van der Waals surface area (Å²) >= 11 is 12.4. The van der Waals surface area contributed by atoms with E-state index in [-0.39, 0.29) is 32.8 Å². The molecule has 0 radical (unpaired) electrons. The lowest BCUT2D eigenvalue weighted by Gasteiger charge is -2.19. The molecule has 0 spiro atoms. The van der Waals surface area contributed by atoms with Gasteiger partial charge in [-0.25, -0.2) is 0 Å². The zero-order valence-corrected chi connectivity index (χ0v) is 17.8. The van der Waals surface area contributed by atoms with Crippen LogP contribution in [-0.4, -0.2) is 22.1 Å². The number of hydrogen-bond acceptors (Lipinski definition) is 5. The highest BCUT2D eigenvalue weighted by molar-refractivity contribution is 6.37. The molecule has 0 N–H and O–H groups in total. The summed E-state index contributed by atoms with van der Waals surface area (Å²) in [4.78, 5) is 12.5. The van der Waals surface area contributed by atoms with Crippen LogP contribution in [0, 0.1) is 16.7 Å². The summed E-state index contributed by atoms with van der Waals surface area (Å²) in [7, 11) is 1.50. The first kappa shape index (κ1) is 23.6. The van der Waals surface area contributed by atoms with Gasteiger partial charge in [-0.1, -0.05) is 23.2 Å². The predicted molar refractivity (Wildman–Crippen MR) is 104 cm³/mol. The summed E-state index contributed by atoms with van der Waals surface area (Å²) in [5, 5.41) is 13.6. The van der Waals surface area contributed by atoms with E-state index in [0.717, 1.165) is 12.1 Å². The molecule has 1 aromatic heterocycles. The van der Waals surface area contributed by atoms with Gasteiger partial charge in [0.1, 0.15) is 22.5 Å². The molecule has 0 aliphatic heterocycles. The van der Waals surface area contributed by atoms with Crippen LogP contribution in [-0.2, 0) is 16.6 Å². The van der Waals surface area contributed by atoms with Gasteiger partial charge in [-0.15, -0.1) is 13.2 Å². The van der Waals surface area contributed by atoms with Crippen molar-refractivity contribution in [2.75, 3.05) is 0 Å². The average Bonchev–Trinajstić information content (AvgIpc) is 2.86. The highest BCUT2D eigenvalue weighted by Crippen LogP contribution is 2.38. The van der Waals surface area contributed by atoms with Crippen LogP contribution < -0.4 is 4.74 Å². The second-order valence-corrected chi connectivity index (χ2v) is 7.82. The molecule has 2 aromatic rings. The number of nitriles is 1. The number of allylic oxidation sites excluding steroid dienone is 1. The van der Waals surface area contributed by atoms with Crippen molar-refractivity contribution < 1.29 is 27.4 Å². The van der Waals surface area contributed by atoms with Gasteiger partial charge >= 0.3 is 12.3 Å². The van der Waals surface area contributed by atoms with Gasteiger partial charge in [-0.05, 0) is 50.6 Å².